The van der Waals surface area contributed by atoms with E-state index in [1.54, 1.807) is 13.0 Å². The summed E-state index contributed by atoms with van der Waals surface area (Å²) in [5.74, 6) is -0.870. The average Bonchev–Trinajstić information content (AvgIpc) is 2.99. The molecule has 1 aliphatic heterocycles. The summed E-state index contributed by atoms with van der Waals surface area (Å²) in [5, 5.41) is 20.2. The summed E-state index contributed by atoms with van der Waals surface area (Å²) in [5.41, 5.74) is -0.977. The standard InChI is InChI=1S/C12H16N2O4S/c1-12(11(15)16,13-6-2-3-7-13)8-9-4-5-10(19-9)14(17)18/h4-5H,2-3,6-8H2,1H3,(H,15,16). The van der Waals surface area contributed by atoms with Crippen molar-refractivity contribution in [2.45, 2.75) is 31.7 Å². The fourth-order valence-corrected chi connectivity index (χ4v) is 3.40. The van der Waals surface area contributed by atoms with Gasteiger partial charge in [0.25, 0.3) is 0 Å². The van der Waals surface area contributed by atoms with E-state index in [0.717, 1.165) is 42.1 Å². The van der Waals surface area contributed by atoms with Gasteiger partial charge in [-0.2, -0.15) is 0 Å². The first kappa shape index (κ1) is 14.0. The zero-order valence-corrected chi connectivity index (χ0v) is 11.5. The summed E-state index contributed by atoms with van der Waals surface area (Å²) in [4.78, 5) is 24.5. The second-order valence-electron chi connectivity index (χ2n) is 4.95. The molecule has 1 aromatic heterocycles. The molecular formula is C12H16N2O4S. The van der Waals surface area contributed by atoms with Crippen LogP contribution < -0.4 is 0 Å². The lowest BCUT2D eigenvalue weighted by Gasteiger charge is -2.34. The highest BCUT2D eigenvalue weighted by Crippen LogP contribution is 2.31. The first-order valence-electron chi connectivity index (χ1n) is 6.15. The molecule has 1 N–H and O–H groups in total. The molecule has 1 aliphatic rings. The van der Waals surface area contributed by atoms with Crippen LogP contribution in [0.4, 0.5) is 5.00 Å². The summed E-state index contributed by atoms with van der Waals surface area (Å²) < 4.78 is 0. The molecule has 7 heteroatoms. The molecule has 0 aliphatic carbocycles. The van der Waals surface area contributed by atoms with Crippen LogP contribution in [0.3, 0.4) is 0 Å². The average molecular weight is 284 g/mol. The minimum absolute atomic E-state index is 0.0594. The maximum absolute atomic E-state index is 11.6. The molecule has 104 valence electrons. The Morgan fingerprint density at radius 2 is 2.16 bits per heavy atom. The van der Waals surface area contributed by atoms with Crippen LogP contribution in [-0.4, -0.2) is 39.5 Å². The Kier molecular flexibility index (Phi) is 3.86. The van der Waals surface area contributed by atoms with Crippen molar-refractivity contribution in [3.8, 4) is 0 Å². The first-order chi connectivity index (χ1) is 8.93. The Morgan fingerprint density at radius 3 is 2.63 bits per heavy atom. The number of hydrogen-bond acceptors (Lipinski definition) is 5. The van der Waals surface area contributed by atoms with Gasteiger partial charge in [0.05, 0.1) is 4.92 Å². The number of hydrogen-bond donors (Lipinski definition) is 1. The van der Waals surface area contributed by atoms with Crippen LogP contribution >= 0.6 is 11.3 Å². The van der Waals surface area contributed by atoms with Crippen molar-refractivity contribution < 1.29 is 14.8 Å². The van der Waals surface area contributed by atoms with Gasteiger partial charge in [-0.05, 0) is 38.9 Å². The molecule has 0 amide bonds. The van der Waals surface area contributed by atoms with Crippen LogP contribution in [0.5, 0.6) is 0 Å². The molecule has 1 fully saturated rings. The number of carboxylic acid groups (broad SMARTS) is 1. The number of thiophene rings is 1. The third kappa shape index (κ3) is 2.76. The van der Waals surface area contributed by atoms with Gasteiger partial charge in [0.15, 0.2) is 0 Å². The maximum Gasteiger partial charge on any atom is 0.324 e. The zero-order valence-electron chi connectivity index (χ0n) is 10.7. The van der Waals surface area contributed by atoms with E-state index in [2.05, 4.69) is 0 Å². The predicted molar refractivity (Wildman–Crippen MR) is 71.5 cm³/mol. The minimum Gasteiger partial charge on any atom is -0.480 e. The monoisotopic (exact) mass is 284 g/mol. The number of nitro groups is 1. The van der Waals surface area contributed by atoms with E-state index in [9.17, 15) is 20.0 Å². The molecule has 19 heavy (non-hydrogen) atoms. The van der Waals surface area contributed by atoms with E-state index in [1.807, 2.05) is 4.90 Å². The van der Waals surface area contributed by atoms with E-state index in [0.29, 0.717) is 6.42 Å². The molecule has 2 rings (SSSR count). The van der Waals surface area contributed by atoms with Gasteiger partial charge in [0.1, 0.15) is 5.54 Å². The highest BCUT2D eigenvalue weighted by molar-refractivity contribution is 7.15. The van der Waals surface area contributed by atoms with Gasteiger partial charge < -0.3 is 5.11 Å². The van der Waals surface area contributed by atoms with Crippen molar-refractivity contribution in [3.05, 3.63) is 27.1 Å². The van der Waals surface area contributed by atoms with Crippen LogP contribution in [0.1, 0.15) is 24.6 Å². The first-order valence-corrected chi connectivity index (χ1v) is 6.97. The lowest BCUT2D eigenvalue weighted by Crippen LogP contribution is -2.52. The number of likely N-dealkylation sites (tertiary alicyclic amines) is 1. The fourth-order valence-electron chi connectivity index (χ4n) is 2.43. The maximum atomic E-state index is 11.6. The van der Waals surface area contributed by atoms with Gasteiger partial charge in [0, 0.05) is 17.4 Å². The predicted octanol–water partition coefficient (Wildman–Crippen LogP) is 2.14. The van der Waals surface area contributed by atoms with Crippen molar-refractivity contribution >= 4 is 22.3 Å². The Labute approximate surface area is 114 Å². The molecule has 1 aromatic rings. The van der Waals surface area contributed by atoms with Crippen LogP contribution in [0, 0.1) is 10.1 Å². The van der Waals surface area contributed by atoms with Crippen molar-refractivity contribution in [3.63, 3.8) is 0 Å². The fraction of sp³-hybridized carbons (Fsp3) is 0.583. The molecule has 0 saturated carbocycles. The summed E-state index contributed by atoms with van der Waals surface area (Å²) in [6, 6.07) is 3.09. The molecule has 6 nitrogen and oxygen atoms in total. The smallest absolute Gasteiger partial charge is 0.324 e. The van der Waals surface area contributed by atoms with E-state index < -0.39 is 16.4 Å². The summed E-state index contributed by atoms with van der Waals surface area (Å²) in [6.45, 7) is 3.25. The van der Waals surface area contributed by atoms with E-state index in [-0.39, 0.29) is 5.00 Å². The third-order valence-corrected chi connectivity index (χ3v) is 4.65. The van der Waals surface area contributed by atoms with E-state index in [1.165, 1.54) is 6.07 Å². The summed E-state index contributed by atoms with van der Waals surface area (Å²) in [7, 11) is 0. The summed E-state index contributed by atoms with van der Waals surface area (Å²) >= 11 is 1.05. The number of nitrogens with zero attached hydrogens (tertiary/aromatic N) is 2. The van der Waals surface area contributed by atoms with Crippen LogP contribution in [0.2, 0.25) is 0 Å². The van der Waals surface area contributed by atoms with Crippen LogP contribution in [0.15, 0.2) is 12.1 Å². The quantitative estimate of drug-likeness (QED) is 0.661. The van der Waals surface area contributed by atoms with Crippen LogP contribution in [0.25, 0.3) is 0 Å². The number of carboxylic acids is 1. The Bertz CT molecular complexity index is 496. The van der Waals surface area contributed by atoms with E-state index in [4.69, 9.17) is 0 Å². The topological polar surface area (TPSA) is 83.7 Å². The lowest BCUT2D eigenvalue weighted by atomic mass is 9.95. The largest absolute Gasteiger partial charge is 0.480 e. The van der Waals surface area contributed by atoms with E-state index >= 15 is 0 Å². The van der Waals surface area contributed by atoms with Crippen molar-refractivity contribution in [2.24, 2.45) is 0 Å². The van der Waals surface area contributed by atoms with Crippen molar-refractivity contribution in [1.29, 1.82) is 0 Å². The Morgan fingerprint density at radius 1 is 1.53 bits per heavy atom. The van der Waals surface area contributed by atoms with Gasteiger partial charge in [-0.1, -0.05) is 11.3 Å². The second kappa shape index (κ2) is 5.26. The molecule has 2 heterocycles. The summed E-state index contributed by atoms with van der Waals surface area (Å²) in [6.07, 6.45) is 2.32. The Balaban J connectivity index is 2.20. The Hall–Kier alpha value is -1.47. The lowest BCUT2D eigenvalue weighted by molar-refractivity contribution is -0.380. The molecule has 0 bridgehead atoms. The molecule has 0 spiro atoms. The van der Waals surface area contributed by atoms with Crippen LogP contribution in [-0.2, 0) is 11.2 Å². The number of aliphatic carboxylic acids is 1. The normalized spacial score (nSPS) is 19.2. The van der Waals surface area contributed by atoms with Gasteiger partial charge >= 0.3 is 11.0 Å². The van der Waals surface area contributed by atoms with Gasteiger partial charge in [0.2, 0.25) is 0 Å². The third-order valence-electron chi connectivity index (χ3n) is 3.61. The molecule has 0 aromatic carbocycles. The number of rotatable bonds is 5. The highest BCUT2D eigenvalue weighted by atomic mass is 32.1. The molecule has 1 unspecified atom stereocenters. The zero-order chi connectivity index (χ0) is 14.0. The molecule has 1 atom stereocenters. The van der Waals surface area contributed by atoms with Crippen molar-refractivity contribution in [1.82, 2.24) is 4.90 Å². The minimum atomic E-state index is -0.977. The van der Waals surface area contributed by atoms with Crippen molar-refractivity contribution in [2.75, 3.05) is 13.1 Å². The molecule has 1 saturated heterocycles. The number of carbonyl (C=O) groups is 1. The molecular weight excluding hydrogens is 268 g/mol. The van der Waals surface area contributed by atoms with Gasteiger partial charge in [-0.15, -0.1) is 0 Å². The van der Waals surface area contributed by atoms with Gasteiger partial charge in [-0.25, -0.2) is 0 Å². The molecule has 0 radical (unpaired) electrons. The second-order valence-corrected chi connectivity index (χ2v) is 6.09. The highest BCUT2D eigenvalue weighted by Gasteiger charge is 2.41. The van der Waals surface area contributed by atoms with Gasteiger partial charge in [-0.3, -0.25) is 19.8 Å². The SMILES string of the molecule is CC(Cc1ccc([N+](=O)[O-])s1)(C(=O)O)N1CCCC1.